The van der Waals surface area contributed by atoms with E-state index in [2.05, 4.69) is 16.1 Å². The summed E-state index contributed by atoms with van der Waals surface area (Å²) >= 11 is 0. The summed E-state index contributed by atoms with van der Waals surface area (Å²) in [4.78, 5) is 11.5. The van der Waals surface area contributed by atoms with E-state index in [0.29, 0.717) is 17.1 Å². The standard InChI is InChI=1S/C18H18N2O4S/c21-18-11-24-17-9-8-13(10-16(17)19-18)25(22,23)20-15-7-3-5-12-4-1-2-6-14(12)15/h3,5,7-10,20H,1-2,4,6,11H2,(H,19,21). The Balaban J connectivity index is 1.67. The van der Waals surface area contributed by atoms with Gasteiger partial charge in [-0.2, -0.15) is 0 Å². The molecule has 2 N–H and O–H groups in total. The fourth-order valence-corrected chi connectivity index (χ4v) is 4.43. The molecular weight excluding hydrogens is 340 g/mol. The van der Waals surface area contributed by atoms with E-state index in [1.807, 2.05) is 6.07 Å². The summed E-state index contributed by atoms with van der Waals surface area (Å²) in [5.41, 5.74) is 3.29. The van der Waals surface area contributed by atoms with Crippen molar-refractivity contribution in [1.82, 2.24) is 0 Å². The predicted octanol–water partition coefficient (Wildman–Crippen LogP) is 2.70. The van der Waals surface area contributed by atoms with Crippen molar-refractivity contribution in [2.75, 3.05) is 16.6 Å². The van der Waals surface area contributed by atoms with Crippen LogP contribution in [0.25, 0.3) is 0 Å². The molecule has 0 saturated heterocycles. The monoisotopic (exact) mass is 358 g/mol. The Kier molecular flexibility index (Phi) is 3.88. The first-order valence-corrected chi connectivity index (χ1v) is 9.71. The summed E-state index contributed by atoms with van der Waals surface area (Å²) in [7, 11) is -3.75. The minimum Gasteiger partial charge on any atom is -0.482 e. The number of benzene rings is 2. The third-order valence-electron chi connectivity index (χ3n) is 4.53. The number of sulfonamides is 1. The maximum absolute atomic E-state index is 12.8. The fraction of sp³-hybridized carbons (Fsp3) is 0.278. The molecule has 0 unspecified atom stereocenters. The van der Waals surface area contributed by atoms with E-state index < -0.39 is 10.0 Å². The smallest absolute Gasteiger partial charge is 0.262 e. The molecule has 0 fully saturated rings. The number of carbonyl (C=O) groups is 1. The van der Waals surface area contributed by atoms with E-state index in [9.17, 15) is 13.2 Å². The van der Waals surface area contributed by atoms with Crippen LogP contribution in [0.15, 0.2) is 41.3 Å². The van der Waals surface area contributed by atoms with Crippen molar-refractivity contribution in [3.8, 4) is 5.75 Å². The zero-order chi connectivity index (χ0) is 17.4. The quantitative estimate of drug-likeness (QED) is 0.883. The number of rotatable bonds is 3. The summed E-state index contributed by atoms with van der Waals surface area (Å²) in [6.45, 7) is -0.0620. The highest BCUT2D eigenvalue weighted by Crippen LogP contribution is 2.32. The Bertz CT molecular complexity index is 954. The first kappa shape index (κ1) is 16.0. The molecule has 1 heterocycles. The lowest BCUT2D eigenvalue weighted by Crippen LogP contribution is -2.25. The maximum Gasteiger partial charge on any atom is 0.262 e. The number of hydrogen-bond donors (Lipinski definition) is 2. The Morgan fingerprint density at radius 3 is 2.80 bits per heavy atom. The molecule has 4 rings (SSSR count). The van der Waals surface area contributed by atoms with Crippen LogP contribution in [0.4, 0.5) is 11.4 Å². The molecule has 1 aliphatic carbocycles. The van der Waals surface area contributed by atoms with Gasteiger partial charge in [0.2, 0.25) is 0 Å². The lowest BCUT2D eigenvalue weighted by molar-refractivity contribution is -0.118. The second-order valence-corrected chi connectivity index (χ2v) is 7.93. The lowest BCUT2D eigenvalue weighted by atomic mass is 9.91. The van der Waals surface area contributed by atoms with Gasteiger partial charge in [-0.1, -0.05) is 12.1 Å². The molecule has 2 aromatic rings. The molecule has 0 aromatic heterocycles. The molecule has 7 heteroatoms. The maximum atomic E-state index is 12.8. The summed E-state index contributed by atoms with van der Waals surface area (Å²) < 4.78 is 33.5. The summed E-state index contributed by atoms with van der Waals surface area (Å²) in [6, 6.07) is 10.2. The van der Waals surface area contributed by atoms with Gasteiger partial charge in [-0.15, -0.1) is 0 Å². The minimum atomic E-state index is -3.75. The Hall–Kier alpha value is -2.54. The largest absolute Gasteiger partial charge is 0.482 e. The van der Waals surface area contributed by atoms with Crippen molar-refractivity contribution in [3.05, 3.63) is 47.5 Å². The van der Waals surface area contributed by atoms with Crippen LogP contribution < -0.4 is 14.8 Å². The van der Waals surface area contributed by atoms with E-state index in [0.717, 1.165) is 31.2 Å². The van der Waals surface area contributed by atoms with Gasteiger partial charge in [0.25, 0.3) is 15.9 Å². The van der Waals surface area contributed by atoms with Crippen LogP contribution in [-0.2, 0) is 27.7 Å². The van der Waals surface area contributed by atoms with E-state index in [1.165, 1.54) is 17.7 Å². The van der Waals surface area contributed by atoms with Gasteiger partial charge in [0.05, 0.1) is 16.3 Å². The van der Waals surface area contributed by atoms with E-state index in [1.54, 1.807) is 12.1 Å². The second-order valence-electron chi connectivity index (χ2n) is 6.25. The first-order valence-electron chi connectivity index (χ1n) is 8.23. The number of anilines is 2. The molecule has 0 saturated carbocycles. The SMILES string of the molecule is O=C1COc2ccc(S(=O)(=O)Nc3cccc4c3CCCC4)cc2N1. The fourth-order valence-electron chi connectivity index (χ4n) is 3.31. The van der Waals surface area contributed by atoms with Crippen LogP contribution >= 0.6 is 0 Å². The molecule has 0 bridgehead atoms. The predicted molar refractivity (Wildman–Crippen MR) is 94.5 cm³/mol. The average Bonchev–Trinajstić information content (AvgIpc) is 2.61. The minimum absolute atomic E-state index is 0.0620. The van der Waals surface area contributed by atoms with Crippen molar-refractivity contribution in [2.24, 2.45) is 0 Å². The van der Waals surface area contributed by atoms with Crippen LogP contribution in [0.3, 0.4) is 0 Å². The third kappa shape index (κ3) is 3.07. The van der Waals surface area contributed by atoms with E-state index >= 15 is 0 Å². The van der Waals surface area contributed by atoms with Gasteiger partial charge < -0.3 is 10.1 Å². The average molecular weight is 358 g/mol. The number of hydrogen-bond acceptors (Lipinski definition) is 4. The summed E-state index contributed by atoms with van der Waals surface area (Å²) in [5.74, 6) is 0.169. The van der Waals surface area contributed by atoms with Gasteiger partial charge in [0, 0.05) is 0 Å². The molecule has 0 spiro atoms. The van der Waals surface area contributed by atoms with Gasteiger partial charge in [-0.25, -0.2) is 8.42 Å². The van der Waals surface area contributed by atoms with Crippen LogP contribution in [0.2, 0.25) is 0 Å². The molecule has 2 aliphatic rings. The van der Waals surface area contributed by atoms with Crippen molar-refractivity contribution in [3.63, 3.8) is 0 Å². The molecule has 0 radical (unpaired) electrons. The van der Waals surface area contributed by atoms with E-state index in [-0.39, 0.29) is 17.4 Å². The number of aryl methyl sites for hydroxylation is 1. The Morgan fingerprint density at radius 1 is 1.08 bits per heavy atom. The van der Waals surface area contributed by atoms with Crippen molar-refractivity contribution >= 4 is 27.3 Å². The second kappa shape index (κ2) is 6.07. The zero-order valence-corrected chi connectivity index (χ0v) is 14.4. The molecule has 0 atom stereocenters. The van der Waals surface area contributed by atoms with Gasteiger partial charge in [-0.3, -0.25) is 9.52 Å². The molecule has 1 amide bonds. The highest BCUT2D eigenvalue weighted by Gasteiger charge is 2.22. The Labute approximate surface area is 146 Å². The van der Waals surface area contributed by atoms with Gasteiger partial charge in [0.1, 0.15) is 5.75 Å². The van der Waals surface area contributed by atoms with Crippen LogP contribution in [0, 0.1) is 0 Å². The number of fused-ring (bicyclic) bond motifs is 2. The normalized spacial score (nSPS) is 16.2. The van der Waals surface area contributed by atoms with Crippen molar-refractivity contribution < 1.29 is 17.9 Å². The van der Waals surface area contributed by atoms with Crippen LogP contribution in [-0.4, -0.2) is 20.9 Å². The first-order chi connectivity index (χ1) is 12.0. The lowest BCUT2D eigenvalue weighted by Gasteiger charge is -2.21. The van der Waals surface area contributed by atoms with Gasteiger partial charge >= 0.3 is 0 Å². The number of nitrogens with one attached hydrogen (secondary N) is 2. The van der Waals surface area contributed by atoms with Gasteiger partial charge in [-0.05, 0) is 61.1 Å². The number of carbonyl (C=O) groups excluding carboxylic acids is 1. The summed E-state index contributed by atoms with van der Waals surface area (Å²) in [5, 5.41) is 2.63. The Morgan fingerprint density at radius 2 is 1.92 bits per heavy atom. The van der Waals surface area contributed by atoms with Crippen LogP contribution in [0.5, 0.6) is 5.75 Å². The molecular formula is C18H18N2O4S. The summed E-state index contributed by atoms with van der Waals surface area (Å²) in [6.07, 6.45) is 4.05. The molecule has 2 aromatic carbocycles. The van der Waals surface area contributed by atoms with Gasteiger partial charge in [0.15, 0.2) is 6.61 Å². The molecule has 1 aliphatic heterocycles. The zero-order valence-electron chi connectivity index (χ0n) is 13.5. The molecule has 130 valence electrons. The van der Waals surface area contributed by atoms with Crippen LogP contribution in [0.1, 0.15) is 24.0 Å². The number of ether oxygens (including phenoxy) is 1. The van der Waals surface area contributed by atoms with Crippen molar-refractivity contribution in [1.29, 1.82) is 0 Å². The third-order valence-corrected chi connectivity index (χ3v) is 5.90. The van der Waals surface area contributed by atoms with Crippen molar-refractivity contribution in [2.45, 2.75) is 30.6 Å². The number of amides is 1. The topological polar surface area (TPSA) is 84.5 Å². The van der Waals surface area contributed by atoms with E-state index in [4.69, 9.17) is 4.74 Å². The highest BCUT2D eigenvalue weighted by molar-refractivity contribution is 7.92. The molecule has 6 nitrogen and oxygen atoms in total. The molecule has 25 heavy (non-hydrogen) atoms. The highest BCUT2D eigenvalue weighted by atomic mass is 32.2.